The molecule has 0 atom stereocenters. The summed E-state index contributed by atoms with van der Waals surface area (Å²) in [6.07, 6.45) is 11.9. The zero-order valence-corrected chi connectivity index (χ0v) is 11.1. The number of rotatable bonds is 4. The van der Waals surface area contributed by atoms with Crippen LogP contribution in [-0.2, 0) is 0 Å². The van der Waals surface area contributed by atoms with E-state index in [1.54, 1.807) is 12.4 Å². The molecule has 1 heterocycles. The fourth-order valence-electron chi connectivity index (χ4n) is 2.02. The predicted molar refractivity (Wildman–Crippen MR) is 81.8 cm³/mol. The van der Waals surface area contributed by atoms with E-state index in [2.05, 4.69) is 38.8 Å². The Bertz CT molecular complexity index is 632. The van der Waals surface area contributed by atoms with Crippen molar-refractivity contribution >= 4 is 17.3 Å². The third kappa shape index (κ3) is 3.03. The van der Waals surface area contributed by atoms with Crippen LogP contribution in [0.2, 0.25) is 0 Å². The Morgan fingerprint density at radius 3 is 2.30 bits per heavy atom. The third-order valence-electron chi connectivity index (χ3n) is 2.99. The van der Waals surface area contributed by atoms with Gasteiger partial charge in [0, 0.05) is 23.8 Å². The highest BCUT2D eigenvalue weighted by atomic mass is 15.1. The molecular weight excluding hydrogens is 248 g/mol. The molecule has 0 fully saturated rings. The van der Waals surface area contributed by atoms with Crippen LogP contribution >= 0.6 is 0 Å². The highest BCUT2D eigenvalue weighted by molar-refractivity contribution is 5.69. The molecule has 1 aromatic carbocycles. The summed E-state index contributed by atoms with van der Waals surface area (Å²) in [5.74, 6) is 1.45. The van der Waals surface area contributed by atoms with Crippen molar-refractivity contribution in [2.45, 2.75) is 12.8 Å². The predicted octanol–water partition coefficient (Wildman–Crippen LogP) is 3.87. The molecule has 3 rings (SSSR count). The molecule has 100 valence electrons. The second kappa shape index (κ2) is 6.02. The second-order valence-corrected chi connectivity index (χ2v) is 4.51. The molecule has 4 nitrogen and oxygen atoms in total. The van der Waals surface area contributed by atoms with E-state index in [1.807, 2.05) is 30.3 Å². The average Bonchev–Trinajstić information content (AvgIpc) is 2.51. The molecule has 2 aromatic rings. The number of aromatic nitrogens is 2. The fourth-order valence-corrected chi connectivity index (χ4v) is 2.02. The summed E-state index contributed by atoms with van der Waals surface area (Å²) in [4.78, 5) is 8.71. The average molecular weight is 264 g/mol. The van der Waals surface area contributed by atoms with Crippen LogP contribution in [0.4, 0.5) is 17.3 Å². The van der Waals surface area contributed by atoms with Crippen molar-refractivity contribution in [3.8, 4) is 0 Å². The molecule has 4 heteroatoms. The standard InChI is InChI=1S/C16H16N4/c1-3-7-13(8-4-1)19-15-16(18-12-11-17-15)20-14-9-5-2-6-10-14/h1,3-5,7-12H,2,6H2,(H,17,19)(H,18,20). The first-order valence-corrected chi connectivity index (χ1v) is 6.68. The van der Waals surface area contributed by atoms with Gasteiger partial charge in [-0.15, -0.1) is 0 Å². The Labute approximate surface area is 118 Å². The maximum Gasteiger partial charge on any atom is 0.173 e. The van der Waals surface area contributed by atoms with Crippen LogP contribution in [0.1, 0.15) is 12.8 Å². The number of anilines is 3. The first-order valence-electron chi connectivity index (χ1n) is 6.68. The van der Waals surface area contributed by atoms with Gasteiger partial charge in [0.1, 0.15) is 0 Å². The number of nitrogens with zero attached hydrogens (tertiary/aromatic N) is 2. The normalized spacial score (nSPS) is 13.7. The van der Waals surface area contributed by atoms with Crippen LogP contribution in [0.15, 0.2) is 66.7 Å². The van der Waals surface area contributed by atoms with E-state index in [0.717, 1.165) is 35.9 Å². The van der Waals surface area contributed by atoms with Gasteiger partial charge in [0.2, 0.25) is 0 Å². The van der Waals surface area contributed by atoms with Gasteiger partial charge >= 0.3 is 0 Å². The first kappa shape index (κ1) is 12.4. The second-order valence-electron chi connectivity index (χ2n) is 4.51. The zero-order chi connectivity index (χ0) is 13.6. The maximum atomic E-state index is 4.36. The molecule has 0 unspecified atom stereocenters. The smallest absolute Gasteiger partial charge is 0.173 e. The van der Waals surface area contributed by atoms with Crippen molar-refractivity contribution < 1.29 is 0 Å². The summed E-state index contributed by atoms with van der Waals surface area (Å²) in [6, 6.07) is 9.95. The van der Waals surface area contributed by atoms with Gasteiger partial charge in [-0.25, -0.2) is 9.97 Å². The van der Waals surface area contributed by atoms with Gasteiger partial charge in [0.05, 0.1) is 0 Å². The van der Waals surface area contributed by atoms with Gasteiger partial charge in [-0.3, -0.25) is 0 Å². The number of benzene rings is 1. The van der Waals surface area contributed by atoms with E-state index >= 15 is 0 Å². The SMILES string of the molecule is C1=CC(Nc2nccnc2Nc2ccccc2)=CCC1. The number of allylic oxidation sites excluding steroid dienone is 3. The first-order chi connectivity index (χ1) is 9.92. The molecule has 1 aliphatic carbocycles. The molecule has 1 aromatic heterocycles. The lowest BCUT2D eigenvalue weighted by Crippen LogP contribution is -2.05. The molecule has 0 aliphatic heterocycles. The number of para-hydroxylation sites is 1. The summed E-state index contributed by atoms with van der Waals surface area (Å²) in [5, 5.41) is 6.58. The maximum absolute atomic E-state index is 4.36. The van der Waals surface area contributed by atoms with Gasteiger partial charge in [-0.1, -0.05) is 30.4 Å². The van der Waals surface area contributed by atoms with Crippen LogP contribution in [0, 0.1) is 0 Å². The molecule has 2 N–H and O–H groups in total. The lowest BCUT2D eigenvalue weighted by Gasteiger charge is -2.13. The van der Waals surface area contributed by atoms with E-state index in [4.69, 9.17) is 0 Å². The molecule has 0 spiro atoms. The molecule has 20 heavy (non-hydrogen) atoms. The number of hydrogen-bond acceptors (Lipinski definition) is 4. The Kier molecular flexibility index (Phi) is 3.73. The number of hydrogen-bond donors (Lipinski definition) is 2. The van der Waals surface area contributed by atoms with Crippen molar-refractivity contribution in [1.82, 2.24) is 9.97 Å². The van der Waals surface area contributed by atoms with Crippen LogP contribution in [0.25, 0.3) is 0 Å². The van der Waals surface area contributed by atoms with E-state index in [1.165, 1.54) is 0 Å². The van der Waals surface area contributed by atoms with E-state index < -0.39 is 0 Å². The molecule has 0 saturated heterocycles. The van der Waals surface area contributed by atoms with Gasteiger partial charge in [0.25, 0.3) is 0 Å². The summed E-state index contributed by atoms with van der Waals surface area (Å²) in [6.45, 7) is 0. The molecule has 0 bridgehead atoms. The molecule has 0 saturated carbocycles. The van der Waals surface area contributed by atoms with E-state index in [9.17, 15) is 0 Å². The molecular formula is C16H16N4. The summed E-state index contributed by atoms with van der Waals surface area (Å²) < 4.78 is 0. The van der Waals surface area contributed by atoms with Crippen molar-refractivity contribution in [2.75, 3.05) is 10.6 Å². The highest BCUT2D eigenvalue weighted by Crippen LogP contribution is 2.22. The van der Waals surface area contributed by atoms with Crippen molar-refractivity contribution in [1.29, 1.82) is 0 Å². The molecule has 0 amide bonds. The van der Waals surface area contributed by atoms with Gasteiger partial charge in [-0.2, -0.15) is 0 Å². The lowest BCUT2D eigenvalue weighted by molar-refractivity contribution is 1.01. The number of nitrogens with one attached hydrogen (secondary N) is 2. The lowest BCUT2D eigenvalue weighted by atomic mass is 10.1. The van der Waals surface area contributed by atoms with Crippen LogP contribution in [-0.4, -0.2) is 9.97 Å². The van der Waals surface area contributed by atoms with Crippen molar-refractivity contribution in [2.24, 2.45) is 0 Å². The summed E-state index contributed by atoms with van der Waals surface area (Å²) >= 11 is 0. The fraction of sp³-hybridized carbons (Fsp3) is 0.125. The third-order valence-corrected chi connectivity index (χ3v) is 2.99. The molecule has 0 radical (unpaired) electrons. The van der Waals surface area contributed by atoms with E-state index in [-0.39, 0.29) is 0 Å². The summed E-state index contributed by atoms with van der Waals surface area (Å²) in [7, 11) is 0. The Morgan fingerprint density at radius 1 is 0.850 bits per heavy atom. The van der Waals surface area contributed by atoms with Crippen LogP contribution in [0.3, 0.4) is 0 Å². The minimum atomic E-state index is 0.721. The highest BCUT2D eigenvalue weighted by Gasteiger charge is 2.07. The Hall–Kier alpha value is -2.62. The Morgan fingerprint density at radius 2 is 1.60 bits per heavy atom. The Balaban J connectivity index is 1.81. The van der Waals surface area contributed by atoms with E-state index in [0.29, 0.717) is 0 Å². The summed E-state index contributed by atoms with van der Waals surface area (Å²) in [5.41, 5.74) is 2.05. The van der Waals surface area contributed by atoms with Gasteiger partial charge < -0.3 is 10.6 Å². The minimum absolute atomic E-state index is 0.721. The zero-order valence-electron chi connectivity index (χ0n) is 11.1. The van der Waals surface area contributed by atoms with Gasteiger partial charge in [0.15, 0.2) is 11.6 Å². The van der Waals surface area contributed by atoms with Gasteiger partial charge in [-0.05, 0) is 31.1 Å². The topological polar surface area (TPSA) is 49.8 Å². The van der Waals surface area contributed by atoms with Crippen LogP contribution in [0.5, 0.6) is 0 Å². The monoisotopic (exact) mass is 264 g/mol. The molecule has 1 aliphatic rings. The largest absolute Gasteiger partial charge is 0.337 e. The quantitative estimate of drug-likeness (QED) is 0.880. The van der Waals surface area contributed by atoms with Crippen molar-refractivity contribution in [3.05, 3.63) is 66.7 Å². The minimum Gasteiger partial charge on any atom is -0.337 e. The van der Waals surface area contributed by atoms with Crippen LogP contribution < -0.4 is 10.6 Å². The van der Waals surface area contributed by atoms with Crippen molar-refractivity contribution in [3.63, 3.8) is 0 Å².